The highest BCUT2D eigenvalue weighted by atomic mass is 32.2. The topological polar surface area (TPSA) is 66.4 Å². The monoisotopic (exact) mass is 373 g/mol. The summed E-state index contributed by atoms with van der Waals surface area (Å²) in [4.78, 5) is 0.286. The molecule has 2 aromatic rings. The molecule has 2 aromatic carbocycles. The molecule has 0 fully saturated rings. The summed E-state index contributed by atoms with van der Waals surface area (Å²) in [6, 6.07) is 12.6. The van der Waals surface area contributed by atoms with Crippen molar-refractivity contribution in [2.24, 2.45) is 0 Å². The van der Waals surface area contributed by atoms with Gasteiger partial charge in [0, 0.05) is 0 Å². The van der Waals surface area contributed by atoms with Gasteiger partial charge in [-0.1, -0.05) is 60.2 Å². The van der Waals surface area contributed by atoms with Gasteiger partial charge in [-0.3, -0.25) is 0 Å². The zero-order valence-corrected chi connectivity index (χ0v) is 16.5. The lowest BCUT2D eigenvalue weighted by molar-refractivity contribution is 0.182. The van der Waals surface area contributed by atoms with Gasteiger partial charge in [0.15, 0.2) is 0 Å². The number of benzene rings is 2. The molecule has 2 N–H and O–H groups in total. The van der Waals surface area contributed by atoms with E-state index in [0.717, 1.165) is 11.1 Å². The van der Waals surface area contributed by atoms with E-state index < -0.39 is 22.2 Å². The molecule has 5 heteroatoms. The average Bonchev–Trinajstić information content (AvgIpc) is 2.54. The van der Waals surface area contributed by atoms with Crippen LogP contribution in [-0.2, 0) is 16.4 Å². The van der Waals surface area contributed by atoms with Crippen LogP contribution in [0.15, 0.2) is 59.5 Å². The molecule has 0 amide bonds. The Morgan fingerprint density at radius 1 is 1.08 bits per heavy atom. The van der Waals surface area contributed by atoms with Crippen LogP contribution in [-0.4, -0.2) is 25.7 Å². The molecule has 0 unspecified atom stereocenters. The summed E-state index contributed by atoms with van der Waals surface area (Å²) in [6.07, 6.45) is 2.81. The van der Waals surface area contributed by atoms with Gasteiger partial charge in [-0.15, -0.1) is 0 Å². The lowest BCUT2D eigenvalue weighted by Crippen LogP contribution is -2.44. The summed E-state index contributed by atoms with van der Waals surface area (Å²) >= 11 is 0. The normalized spacial score (nSPS) is 14.5. The van der Waals surface area contributed by atoms with Crippen molar-refractivity contribution in [1.82, 2.24) is 4.72 Å². The Labute approximate surface area is 156 Å². The molecule has 0 heterocycles. The number of hydrogen-bond acceptors (Lipinski definition) is 3. The van der Waals surface area contributed by atoms with E-state index in [1.54, 1.807) is 32.9 Å². The quantitative estimate of drug-likeness (QED) is 0.731. The van der Waals surface area contributed by atoms with E-state index in [0.29, 0.717) is 17.5 Å². The third-order valence-electron chi connectivity index (χ3n) is 4.28. The molecule has 4 nitrogen and oxygen atoms in total. The maximum Gasteiger partial charge on any atom is 0.241 e. The average molecular weight is 374 g/mol. The van der Waals surface area contributed by atoms with Crippen molar-refractivity contribution in [3.05, 3.63) is 76.9 Å². The molecule has 2 rings (SSSR count). The number of aryl methyl sites for hydroxylation is 3. The zero-order valence-electron chi connectivity index (χ0n) is 15.7. The predicted molar refractivity (Wildman–Crippen MR) is 106 cm³/mol. The van der Waals surface area contributed by atoms with Crippen LogP contribution in [0, 0.1) is 20.8 Å². The molecule has 0 saturated heterocycles. The highest BCUT2D eigenvalue weighted by Crippen LogP contribution is 2.22. The summed E-state index contributed by atoms with van der Waals surface area (Å²) in [5.41, 5.74) is 3.39. The summed E-state index contributed by atoms with van der Waals surface area (Å²) in [5.74, 6) is 0. The van der Waals surface area contributed by atoms with Crippen LogP contribution in [0.2, 0.25) is 0 Å². The van der Waals surface area contributed by atoms with Crippen LogP contribution in [0.3, 0.4) is 0 Å². The van der Waals surface area contributed by atoms with Crippen molar-refractivity contribution in [3.8, 4) is 0 Å². The first-order chi connectivity index (χ1) is 12.2. The molecule has 26 heavy (non-hydrogen) atoms. The number of nitrogens with one attached hydrogen (secondary N) is 1. The number of aliphatic hydroxyl groups excluding tert-OH is 1. The Morgan fingerprint density at radius 2 is 1.65 bits per heavy atom. The van der Waals surface area contributed by atoms with E-state index in [1.165, 1.54) is 0 Å². The number of hydrogen-bond donors (Lipinski definition) is 2. The number of rotatable bonds is 7. The zero-order chi connectivity index (χ0) is 19.3. The molecule has 140 valence electrons. The van der Waals surface area contributed by atoms with Crippen molar-refractivity contribution in [3.63, 3.8) is 0 Å². The van der Waals surface area contributed by atoms with Crippen LogP contribution in [0.25, 0.3) is 0 Å². The van der Waals surface area contributed by atoms with Gasteiger partial charge in [-0.05, 0) is 50.8 Å². The first-order valence-electron chi connectivity index (χ1n) is 8.69. The Morgan fingerprint density at radius 3 is 2.19 bits per heavy atom. The Bertz CT molecular complexity index is 850. The fourth-order valence-electron chi connectivity index (χ4n) is 3.28. The van der Waals surface area contributed by atoms with Crippen molar-refractivity contribution in [2.45, 2.75) is 51.2 Å². The van der Waals surface area contributed by atoms with Crippen molar-refractivity contribution < 1.29 is 13.5 Å². The van der Waals surface area contributed by atoms with Crippen molar-refractivity contribution in [2.75, 3.05) is 0 Å². The second-order valence-electron chi connectivity index (χ2n) is 6.66. The van der Waals surface area contributed by atoms with Crippen molar-refractivity contribution >= 4 is 10.0 Å². The van der Waals surface area contributed by atoms with Crippen LogP contribution < -0.4 is 4.72 Å². The number of aliphatic hydroxyl groups is 1. The van der Waals surface area contributed by atoms with Crippen LogP contribution >= 0.6 is 0 Å². The third kappa shape index (κ3) is 5.04. The summed E-state index contributed by atoms with van der Waals surface area (Å²) in [6.45, 7) is 7.33. The first-order valence-corrected chi connectivity index (χ1v) is 10.2. The molecule has 0 aliphatic heterocycles. The van der Waals surface area contributed by atoms with E-state index in [2.05, 4.69) is 4.72 Å². The van der Waals surface area contributed by atoms with E-state index in [4.69, 9.17) is 0 Å². The molecular weight excluding hydrogens is 346 g/mol. The van der Waals surface area contributed by atoms with Gasteiger partial charge in [0.25, 0.3) is 0 Å². The lowest BCUT2D eigenvalue weighted by Gasteiger charge is -2.23. The van der Waals surface area contributed by atoms with Crippen LogP contribution in [0.1, 0.15) is 29.2 Å². The third-order valence-corrected chi connectivity index (χ3v) is 6.07. The molecule has 0 radical (unpaired) electrons. The van der Waals surface area contributed by atoms with E-state index in [9.17, 15) is 13.5 Å². The fraction of sp³-hybridized carbons (Fsp3) is 0.333. The maximum atomic E-state index is 13.0. The van der Waals surface area contributed by atoms with Gasteiger partial charge in [-0.25, -0.2) is 13.1 Å². The smallest absolute Gasteiger partial charge is 0.241 e. The van der Waals surface area contributed by atoms with Gasteiger partial charge < -0.3 is 5.11 Å². The molecule has 2 atom stereocenters. The molecule has 0 bridgehead atoms. The molecule has 0 aromatic heterocycles. The Balaban J connectivity index is 2.37. The van der Waals surface area contributed by atoms with Gasteiger partial charge in [0.05, 0.1) is 17.0 Å². The minimum atomic E-state index is -3.76. The second-order valence-corrected chi connectivity index (χ2v) is 8.31. The van der Waals surface area contributed by atoms with Crippen LogP contribution in [0.5, 0.6) is 0 Å². The van der Waals surface area contributed by atoms with Crippen LogP contribution in [0.4, 0.5) is 0 Å². The van der Waals surface area contributed by atoms with E-state index >= 15 is 0 Å². The van der Waals surface area contributed by atoms with Gasteiger partial charge in [0.2, 0.25) is 10.0 Å². The lowest BCUT2D eigenvalue weighted by atomic mass is 10.0. The Kier molecular flexibility index (Phi) is 6.75. The van der Waals surface area contributed by atoms with Crippen molar-refractivity contribution in [1.29, 1.82) is 0 Å². The predicted octanol–water partition coefficient (Wildman–Crippen LogP) is 3.44. The maximum absolute atomic E-state index is 13.0. The summed E-state index contributed by atoms with van der Waals surface area (Å²) in [7, 11) is -3.76. The highest BCUT2D eigenvalue weighted by Gasteiger charge is 2.27. The minimum absolute atomic E-state index is 0.286. The largest absolute Gasteiger partial charge is 0.387 e. The second kappa shape index (κ2) is 8.62. The van der Waals surface area contributed by atoms with Gasteiger partial charge >= 0.3 is 0 Å². The SMILES string of the molecule is C/C=C/[C@H](O)[C@H](Cc1ccccc1)NS(=O)(=O)c1c(C)cc(C)cc1C. The Hall–Kier alpha value is -1.95. The number of sulfonamides is 1. The van der Waals surface area contributed by atoms with E-state index in [-0.39, 0.29) is 4.90 Å². The fourth-order valence-corrected chi connectivity index (χ4v) is 4.99. The molecular formula is C21H27NO3S. The van der Waals surface area contributed by atoms with Gasteiger partial charge in [-0.2, -0.15) is 0 Å². The molecule has 0 aliphatic rings. The number of allylic oxidation sites excluding steroid dienone is 1. The standard InChI is InChI=1S/C21H27NO3S/c1-5-9-20(23)19(14-18-10-7-6-8-11-18)22-26(24,25)21-16(3)12-15(2)13-17(21)4/h5-13,19-20,22-23H,14H2,1-4H3/b9-5+/t19-,20-/m0/s1. The van der Waals surface area contributed by atoms with E-state index in [1.807, 2.05) is 49.4 Å². The minimum Gasteiger partial charge on any atom is -0.387 e. The molecule has 0 spiro atoms. The summed E-state index contributed by atoms with van der Waals surface area (Å²) < 4.78 is 28.8. The first kappa shape index (κ1) is 20.4. The molecule has 0 saturated carbocycles. The van der Waals surface area contributed by atoms with Gasteiger partial charge in [0.1, 0.15) is 0 Å². The molecule has 0 aliphatic carbocycles. The highest BCUT2D eigenvalue weighted by molar-refractivity contribution is 7.89. The summed E-state index contributed by atoms with van der Waals surface area (Å²) in [5, 5.41) is 10.4.